The summed E-state index contributed by atoms with van der Waals surface area (Å²) >= 11 is 0. The van der Waals surface area contributed by atoms with Gasteiger partial charge in [0, 0.05) is 13.1 Å². The molecule has 0 fully saturated rings. The second-order valence-corrected chi connectivity index (χ2v) is 7.38. The van der Waals surface area contributed by atoms with E-state index in [-0.39, 0.29) is 4.90 Å². The van der Waals surface area contributed by atoms with Crippen LogP contribution >= 0.6 is 0 Å². The van der Waals surface area contributed by atoms with E-state index in [1.165, 1.54) is 0 Å². The third kappa shape index (κ3) is 4.03. The molecule has 0 saturated heterocycles. The Kier molecular flexibility index (Phi) is 6.15. The first-order valence-corrected chi connectivity index (χ1v) is 9.72. The largest absolute Gasteiger partial charge is 0.303 e. The highest BCUT2D eigenvalue weighted by atomic mass is 32.2. The SMILES string of the molecule is CCN(CC)CCNS(=O)(=O)c1c(C)nn(-c2ccccc2)c1C. The van der Waals surface area contributed by atoms with Crippen molar-refractivity contribution in [2.75, 3.05) is 26.2 Å². The number of nitrogens with one attached hydrogen (secondary N) is 1. The van der Waals surface area contributed by atoms with Crippen molar-refractivity contribution in [2.24, 2.45) is 0 Å². The van der Waals surface area contributed by atoms with E-state index in [9.17, 15) is 8.42 Å². The highest BCUT2D eigenvalue weighted by Gasteiger charge is 2.24. The minimum absolute atomic E-state index is 0.269. The number of hydrogen-bond acceptors (Lipinski definition) is 4. The monoisotopic (exact) mass is 350 g/mol. The number of hydrogen-bond donors (Lipinski definition) is 1. The van der Waals surface area contributed by atoms with E-state index < -0.39 is 10.0 Å². The molecule has 0 aliphatic rings. The van der Waals surface area contributed by atoms with Crippen LogP contribution in [-0.2, 0) is 10.0 Å². The maximum Gasteiger partial charge on any atom is 0.244 e. The van der Waals surface area contributed by atoms with E-state index in [0.29, 0.717) is 24.5 Å². The molecule has 0 aliphatic carbocycles. The fourth-order valence-corrected chi connectivity index (χ4v) is 4.20. The van der Waals surface area contributed by atoms with Gasteiger partial charge in [0.2, 0.25) is 10.0 Å². The molecule has 1 N–H and O–H groups in total. The van der Waals surface area contributed by atoms with Gasteiger partial charge >= 0.3 is 0 Å². The summed E-state index contributed by atoms with van der Waals surface area (Å²) in [7, 11) is -3.58. The highest BCUT2D eigenvalue weighted by molar-refractivity contribution is 7.89. The predicted molar refractivity (Wildman–Crippen MR) is 96.0 cm³/mol. The van der Waals surface area contributed by atoms with Crippen LogP contribution in [0.5, 0.6) is 0 Å². The molecule has 0 amide bonds. The standard InChI is InChI=1S/C17H26N4O2S/c1-5-20(6-2)13-12-18-24(22,23)17-14(3)19-21(15(17)4)16-10-8-7-9-11-16/h7-11,18H,5-6,12-13H2,1-4H3. The number of benzene rings is 1. The molecular formula is C17H26N4O2S. The average molecular weight is 350 g/mol. The van der Waals surface area contributed by atoms with Gasteiger partial charge in [0.15, 0.2) is 0 Å². The average Bonchev–Trinajstić information content (AvgIpc) is 2.87. The van der Waals surface area contributed by atoms with E-state index in [1.54, 1.807) is 18.5 Å². The van der Waals surface area contributed by atoms with E-state index in [1.807, 2.05) is 30.3 Å². The van der Waals surface area contributed by atoms with E-state index in [0.717, 1.165) is 18.8 Å². The minimum Gasteiger partial charge on any atom is -0.303 e. The lowest BCUT2D eigenvalue weighted by Crippen LogP contribution is -2.35. The first-order valence-electron chi connectivity index (χ1n) is 8.24. The Morgan fingerprint density at radius 1 is 1.12 bits per heavy atom. The van der Waals surface area contributed by atoms with Crippen LogP contribution in [0.1, 0.15) is 25.2 Å². The summed E-state index contributed by atoms with van der Waals surface area (Å²) in [6.07, 6.45) is 0. The number of likely N-dealkylation sites (N-methyl/N-ethyl adjacent to an activating group) is 1. The van der Waals surface area contributed by atoms with Gasteiger partial charge in [-0.25, -0.2) is 17.8 Å². The second-order valence-electron chi connectivity index (χ2n) is 5.67. The number of rotatable bonds is 8. The van der Waals surface area contributed by atoms with Crippen LogP contribution in [0.3, 0.4) is 0 Å². The van der Waals surface area contributed by atoms with Crippen LogP contribution in [0.15, 0.2) is 35.2 Å². The minimum atomic E-state index is -3.58. The lowest BCUT2D eigenvalue weighted by Gasteiger charge is -2.18. The molecule has 0 radical (unpaired) electrons. The van der Waals surface area contributed by atoms with Gasteiger partial charge in [-0.1, -0.05) is 32.0 Å². The van der Waals surface area contributed by atoms with E-state index in [2.05, 4.69) is 28.6 Å². The Hall–Kier alpha value is -1.70. The van der Waals surface area contributed by atoms with Crippen LogP contribution in [0, 0.1) is 13.8 Å². The zero-order chi connectivity index (χ0) is 17.7. The van der Waals surface area contributed by atoms with Gasteiger partial charge in [0.05, 0.1) is 17.1 Å². The summed E-state index contributed by atoms with van der Waals surface area (Å²) in [5.74, 6) is 0. The molecule has 0 unspecified atom stereocenters. The van der Waals surface area contributed by atoms with E-state index in [4.69, 9.17) is 0 Å². The van der Waals surface area contributed by atoms with Gasteiger partial charge in [0.1, 0.15) is 4.90 Å². The Morgan fingerprint density at radius 3 is 2.33 bits per heavy atom. The quantitative estimate of drug-likeness (QED) is 0.792. The van der Waals surface area contributed by atoms with Crippen molar-refractivity contribution in [1.82, 2.24) is 19.4 Å². The van der Waals surface area contributed by atoms with Crippen molar-refractivity contribution < 1.29 is 8.42 Å². The zero-order valence-corrected chi connectivity index (χ0v) is 15.6. The molecule has 2 rings (SSSR count). The summed E-state index contributed by atoms with van der Waals surface area (Å²) in [4.78, 5) is 2.45. The smallest absolute Gasteiger partial charge is 0.244 e. The van der Waals surface area contributed by atoms with Crippen molar-refractivity contribution in [2.45, 2.75) is 32.6 Å². The van der Waals surface area contributed by atoms with Crippen LogP contribution in [-0.4, -0.2) is 49.3 Å². The fraction of sp³-hybridized carbons (Fsp3) is 0.471. The van der Waals surface area contributed by atoms with Crippen LogP contribution in [0.4, 0.5) is 0 Å². The number of sulfonamides is 1. The summed E-state index contributed by atoms with van der Waals surface area (Å²) in [6, 6.07) is 9.54. The van der Waals surface area contributed by atoms with Gasteiger partial charge in [-0.05, 0) is 39.1 Å². The molecule has 0 saturated carbocycles. The summed E-state index contributed by atoms with van der Waals surface area (Å²) in [5, 5.41) is 4.41. The third-order valence-corrected chi connectivity index (χ3v) is 5.82. The van der Waals surface area contributed by atoms with Crippen LogP contribution in [0.2, 0.25) is 0 Å². The maximum atomic E-state index is 12.7. The zero-order valence-electron chi connectivity index (χ0n) is 14.8. The molecule has 1 aromatic heterocycles. The summed E-state index contributed by atoms with van der Waals surface area (Å²) in [6.45, 7) is 10.5. The fourth-order valence-electron chi connectivity index (χ4n) is 2.79. The van der Waals surface area contributed by atoms with Gasteiger partial charge in [-0.3, -0.25) is 0 Å². The lowest BCUT2D eigenvalue weighted by molar-refractivity contribution is 0.309. The Bertz CT molecular complexity index is 765. The number of nitrogens with zero attached hydrogens (tertiary/aromatic N) is 3. The molecule has 1 aromatic carbocycles. The van der Waals surface area contributed by atoms with Crippen molar-refractivity contribution in [3.8, 4) is 5.69 Å². The van der Waals surface area contributed by atoms with Crippen molar-refractivity contribution in [3.63, 3.8) is 0 Å². The first-order chi connectivity index (χ1) is 11.4. The van der Waals surface area contributed by atoms with E-state index >= 15 is 0 Å². The van der Waals surface area contributed by atoms with Crippen molar-refractivity contribution >= 4 is 10.0 Å². The number of aromatic nitrogens is 2. The molecule has 6 nitrogen and oxygen atoms in total. The van der Waals surface area contributed by atoms with Gasteiger partial charge in [-0.15, -0.1) is 0 Å². The topological polar surface area (TPSA) is 67.2 Å². The van der Waals surface area contributed by atoms with Crippen LogP contribution < -0.4 is 4.72 Å². The molecule has 0 atom stereocenters. The molecule has 0 bridgehead atoms. The van der Waals surface area contributed by atoms with Gasteiger partial charge in [0.25, 0.3) is 0 Å². The molecule has 7 heteroatoms. The van der Waals surface area contributed by atoms with Gasteiger partial charge in [-0.2, -0.15) is 5.10 Å². The van der Waals surface area contributed by atoms with Crippen molar-refractivity contribution in [3.05, 3.63) is 41.7 Å². The molecule has 2 aromatic rings. The first kappa shape index (κ1) is 18.6. The molecule has 0 aliphatic heterocycles. The third-order valence-electron chi connectivity index (χ3n) is 4.11. The Labute approximate surface area is 144 Å². The normalized spacial score (nSPS) is 12.0. The Balaban J connectivity index is 2.23. The Morgan fingerprint density at radius 2 is 1.75 bits per heavy atom. The highest BCUT2D eigenvalue weighted by Crippen LogP contribution is 2.22. The molecule has 24 heavy (non-hydrogen) atoms. The summed E-state index contributed by atoms with van der Waals surface area (Å²) < 4.78 is 29.8. The van der Waals surface area contributed by atoms with Crippen LogP contribution in [0.25, 0.3) is 5.69 Å². The molecule has 132 valence electrons. The second kappa shape index (κ2) is 7.92. The molecule has 1 heterocycles. The maximum absolute atomic E-state index is 12.7. The molecular weight excluding hydrogens is 324 g/mol. The predicted octanol–water partition coefficient (Wildman–Crippen LogP) is 2.11. The van der Waals surface area contributed by atoms with Crippen molar-refractivity contribution in [1.29, 1.82) is 0 Å². The van der Waals surface area contributed by atoms with Gasteiger partial charge < -0.3 is 4.90 Å². The number of para-hydroxylation sites is 1. The number of aryl methyl sites for hydroxylation is 1. The lowest BCUT2D eigenvalue weighted by atomic mass is 10.3. The molecule has 0 spiro atoms. The summed E-state index contributed by atoms with van der Waals surface area (Å²) in [5.41, 5.74) is 1.98.